The van der Waals surface area contributed by atoms with Gasteiger partial charge >= 0.3 is 5.97 Å². The predicted molar refractivity (Wildman–Crippen MR) is 68.1 cm³/mol. The number of hydrogen-bond donors (Lipinski definition) is 2. The first kappa shape index (κ1) is 12.3. The van der Waals surface area contributed by atoms with E-state index < -0.39 is 5.97 Å². The molecule has 0 bridgehead atoms. The Hall–Kier alpha value is -1.69. The van der Waals surface area contributed by atoms with Crippen LogP contribution < -0.4 is 5.32 Å². The molecule has 6 heteroatoms. The Bertz CT molecular complexity index is 474. The molecule has 1 aromatic heterocycles. The summed E-state index contributed by atoms with van der Waals surface area (Å²) in [4.78, 5) is 19.0. The van der Waals surface area contributed by atoms with Crippen molar-refractivity contribution in [3.8, 4) is 0 Å². The summed E-state index contributed by atoms with van der Waals surface area (Å²) in [6.45, 7) is 1.69. The van der Waals surface area contributed by atoms with E-state index in [4.69, 9.17) is 9.84 Å². The summed E-state index contributed by atoms with van der Waals surface area (Å²) in [6.07, 6.45) is 6.21. The molecule has 1 saturated carbocycles. The molecule has 102 valence electrons. The van der Waals surface area contributed by atoms with Crippen LogP contribution in [0.4, 0.5) is 5.82 Å². The van der Waals surface area contributed by atoms with Crippen molar-refractivity contribution >= 4 is 11.8 Å². The van der Waals surface area contributed by atoms with Crippen molar-refractivity contribution in [2.45, 2.75) is 25.3 Å². The standard InChI is InChI=1S/C13H17N3O3/c17-13(18)11-12(15-4-3-14-11)16-10-7-9(10)8-1-5-19-6-2-8/h3-4,8-10H,1-2,5-7H2,(H,15,16)(H,17,18)/t9-,10+/m0/s1. The van der Waals surface area contributed by atoms with Gasteiger partial charge in [-0.05, 0) is 31.1 Å². The zero-order chi connectivity index (χ0) is 13.2. The lowest BCUT2D eigenvalue weighted by atomic mass is 9.94. The molecule has 6 nitrogen and oxygen atoms in total. The molecule has 0 amide bonds. The topological polar surface area (TPSA) is 84.3 Å². The van der Waals surface area contributed by atoms with Gasteiger partial charge in [-0.15, -0.1) is 0 Å². The van der Waals surface area contributed by atoms with Gasteiger partial charge in [-0.3, -0.25) is 0 Å². The SMILES string of the molecule is O=C(O)c1nccnc1N[C@@H]1C[C@H]1C1CCOCC1. The van der Waals surface area contributed by atoms with Crippen molar-refractivity contribution in [3.63, 3.8) is 0 Å². The lowest BCUT2D eigenvalue weighted by molar-refractivity contribution is 0.0595. The van der Waals surface area contributed by atoms with E-state index in [1.807, 2.05) is 0 Å². The summed E-state index contributed by atoms with van der Waals surface area (Å²) in [7, 11) is 0. The van der Waals surface area contributed by atoms with E-state index in [1.54, 1.807) is 0 Å². The zero-order valence-corrected chi connectivity index (χ0v) is 10.6. The molecule has 19 heavy (non-hydrogen) atoms. The second-order valence-electron chi connectivity index (χ2n) is 5.16. The molecule has 2 aliphatic rings. The summed E-state index contributed by atoms with van der Waals surface area (Å²) in [5.74, 6) is 0.650. The number of carbonyl (C=O) groups is 1. The van der Waals surface area contributed by atoms with E-state index in [0.717, 1.165) is 32.5 Å². The number of ether oxygens (including phenoxy) is 1. The molecule has 1 saturated heterocycles. The molecule has 0 unspecified atom stereocenters. The molecular weight excluding hydrogens is 246 g/mol. The van der Waals surface area contributed by atoms with Crippen LogP contribution in [0.1, 0.15) is 29.8 Å². The van der Waals surface area contributed by atoms with Crippen molar-refractivity contribution in [3.05, 3.63) is 18.1 Å². The molecule has 2 N–H and O–H groups in total. The maximum Gasteiger partial charge on any atom is 0.358 e. The highest BCUT2D eigenvalue weighted by Crippen LogP contribution is 2.43. The predicted octanol–water partition coefficient (Wildman–Crippen LogP) is 1.40. The average Bonchev–Trinajstić information content (AvgIpc) is 3.19. The third-order valence-corrected chi connectivity index (χ3v) is 3.93. The molecule has 0 aromatic carbocycles. The van der Waals surface area contributed by atoms with Crippen LogP contribution in [0.5, 0.6) is 0 Å². The third-order valence-electron chi connectivity index (χ3n) is 3.93. The van der Waals surface area contributed by atoms with E-state index in [0.29, 0.717) is 23.7 Å². The fourth-order valence-electron chi connectivity index (χ4n) is 2.82. The smallest absolute Gasteiger partial charge is 0.358 e. The van der Waals surface area contributed by atoms with E-state index >= 15 is 0 Å². The Kier molecular flexibility index (Phi) is 3.33. The van der Waals surface area contributed by atoms with Crippen molar-refractivity contribution in [1.29, 1.82) is 0 Å². The summed E-state index contributed by atoms with van der Waals surface area (Å²) >= 11 is 0. The number of carboxylic acid groups (broad SMARTS) is 1. The summed E-state index contributed by atoms with van der Waals surface area (Å²) in [6, 6.07) is 0.331. The quantitative estimate of drug-likeness (QED) is 0.854. The van der Waals surface area contributed by atoms with Gasteiger partial charge < -0.3 is 15.2 Å². The monoisotopic (exact) mass is 263 g/mol. The second-order valence-corrected chi connectivity index (χ2v) is 5.16. The summed E-state index contributed by atoms with van der Waals surface area (Å²) < 4.78 is 5.36. The maximum absolute atomic E-state index is 11.0. The van der Waals surface area contributed by atoms with Gasteiger partial charge in [0.15, 0.2) is 11.5 Å². The molecule has 2 heterocycles. The summed E-state index contributed by atoms with van der Waals surface area (Å²) in [5.41, 5.74) is 0.000118. The normalized spacial score (nSPS) is 26.9. The van der Waals surface area contributed by atoms with Crippen LogP contribution in [0.15, 0.2) is 12.4 Å². The van der Waals surface area contributed by atoms with Crippen LogP contribution in [-0.2, 0) is 4.74 Å². The lowest BCUT2D eigenvalue weighted by Crippen LogP contribution is -2.21. The number of aromatic carboxylic acids is 1. The molecule has 3 rings (SSSR count). The van der Waals surface area contributed by atoms with Gasteiger partial charge in [0.05, 0.1) is 0 Å². The number of hydrogen-bond acceptors (Lipinski definition) is 5. The highest BCUT2D eigenvalue weighted by atomic mass is 16.5. The number of anilines is 1. The number of rotatable bonds is 4. The first-order chi connectivity index (χ1) is 9.25. The Morgan fingerprint density at radius 2 is 2.05 bits per heavy atom. The van der Waals surface area contributed by atoms with Gasteiger partial charge in [-0.1, -0.05) is 0 Å². The van der Waals surface area contributed by atoms with Crippen LogP contribution in [0, 0.1) is 11.8 Å². The van der Waals surface area contributed by atoms with Crippen molar-refractivity contribution in [2.24, 2.45) is 11.8 Å². The van der Waals surface area contributed by atoms with Crippen molar-refractivity contribution in [2.75, 3.05) is 18.5 Å². The molecule has 1 aliphatic heterocycles. The molecular formula is C13H17N3O3. The highest BCUT2D eigenvalue weighted by molar-refractivity contribution is 5.90. The zero-order valence-electron chi connectivity index (χ0n) is 10.6. The maximum atomic E-state index is 11.0. The van der Waals surface area contributed by atoms with Gasteiger partial charge in [0.1, 0.15) is 0 Å². The lowest BCUT2D eigenvalue weighted by Gasteiger charge is -2.22. The first-order valence-corrected chi connectivity index (χ1v) is 6.64. The average molecular weight is 263 g/mol. The molecule has 1 aliphatic carbocycles. The number of carboxylic acids is 1. The van der Waals surface area contributed by atoms with E-state index in [2.05, 4.69) is 15.3 Å². The van der Waals surface area contributed by atoms with Crippen LogP contribution in [0.25, 0.3) is 0 Å². The number of aromatic nitrogens is 2. The summed E-state index contributed by atoms with van der Waals surface area (Å²) in [5, 5.41) is 12.3. The minimum atomic E-state index is -1.04. The molecule has 2 atom stereocenters. The molecule has 1 aromatic rings. The van der Waals surface area contributed by atoms with Gasteiger partial charge in [-0.2, -0.15) is 0 Å². The van der Waals surface area contributed by atoms with Gasteiger partial charge in [-0.25, -0.2) is 14.8 Å². The van der Waals surface area contributed by atoms with E-state index in [1.165, 1.54) is 12.4 Å². The Balaban J connectivity index is 1.63. The Morgan fingerprint density at radius 3 is 2.79 bits per heavy atom. The van der Waals surface area contributed by atoms with Gasteiger partial charge in [0, 0.05) is 31.6 Å². The second kappa shape index (κ2) is 5.13. The van der Waals surface area contributed by atoms with Crippen LogP contribution in [-0.4, -0.2) is 40.3 Å². The van der Waals surface area contributed by atoms with Gasteiger partial charge in [0.25, 0.3) is 0 Å². The van der Waals surface area contributed by atoms with Crippen LogP contribution in [0.2, 0.25) is 0 Å². The van der Waals surface area contributed by atoms with Crippen LogP contribution >= 0.6 is 0 Å². The highest BCUT2D eigenvalue weighted by Gasteiger charge is 2.43. The minimum Gasteiger partial charge on any atom is -0.476 e. The van der Waals surface area contributed by atoms with Crippen molar-refractivity contribution in [1.82, 2.24) is 9.97 Å². The Labute approximate surface area is 111 Å². The third kappa shape index (κ3) is 2.68. The molecule has 2 fully saturated rings. The number of nitrogens with one attached hydrogen (secondary N) is 1. The first-order valence-electron chi connectivity index (χ1n) is 6.64. The largest absolute Gasteiger partial charge is 0.476 e. The van der Waals surface area contributed by atoms with Crippen molar-refractivity contribution < 1.29 is 14.6 Å². The van der Waals surface area contributed by atoms with Gasteiger partial charge in [0.2, 0.25) is 0 Å². The van der Waals surface area contributed by atoms with E-state index in [9.17, 15) is 4.79 Å². The fourth-order valence-corrected chi connectivity index (χ4v) is 2.82. The fraction of sp³-hybridized carbons (Fsp3) is 0.615. The van der Waals surface area contributed by atoms with Crippen LogP contribution in [0.3, 0.4) is 0 Å². The van der Waals surface area contributed by atoms with E-state index in [-0.39, 0.29) is 5.69 Å². The number of nitrogens with zero attached hydrogens (tertiary/aromatic N) is 2. The molecule has 0 spiro atoms. The molecule has 0 radical (unpaired) electrons. The Morgan fingerprint density at radius 1 is 1.32 bits per heavy atom. The minimum absolute atomic E-state index is 0.000118.